The number of hydrogen-bond donors (Lipinski definition) is 8. The minimum absolute atomic E-state index is 0.0422. The van der Waals surface area contributed by atoms with Gasteiger partial charge in [0.2, 0.25) is 11.3 Å². The molecule has 29 heteroatoms. The Morgan fingerprint density at radius 1 is 1.03 bits per heavy atom. The molecule has 71 heavy (non-hydrogen) atoms. The number of phosphoric acid groups is 3. The predicted molar refractivity (Wildman–Crippen MR) is 256 cm³/mol. The molecule has 8 N–H and O–H groups in total. The van der Waals surface area contributed by atoms with Gasteiger partial charge in [0.25, 0.3) is 15.7 Å². The van der Waals surface area contributed by atoms with Gasteiger partial charge >= 0.3 is 29.2 Å². The second kappa shape index (κ2) is 19.9. The zero-order valence-electron chi connectivity index (χ0n) is 39.1. The molecule has 3 aromatic rings. The van der Waals surface area contributed by atoms with Gasteiger partial charge in [0.05, 0.1) is 35.4 Å². The number of nitrogens with zero attached hydrogens (tertiary/aromatic N) is 4. The molecule has 1 amide bonds. The summed E-state index contributed by atoms with van der Waals surface area (Å²) in [4.78, 5) is 84.3. The Hall–Kier alpha value is -4.75. The van der Waals surface area contributed by atoms with Crippen molar-refractivity contribution >= 4 is 68.1 Å². The van der Waals surface area contributed by atoms with Gasteiger partial charge in [0.1, 0.15) is 35.7 Å². The van der Waals surface area contributed by atoms with Crippen molar-refractivity contribution in [3.05, 3.63) is 96.9 Å². The van der Waals surface area contributed by atoms with Crippen LogP contribution < -0.4 is 41.5 Å². The van der Waals surface area contributed by atoms with Gasteiger partial charge in [-0.2, -0.15) is 17.0 Å². The summed E-state index contributed by atoms with van der Waals surface area (Å²) in [7, 11) is -21.4. The van der Waals surface area contributed by atoms with Crippen molar-refractivity contribution in [2.75, 3.05) is 36.9 Å². The number of aliphatic hydroxyl groups is 1. The molecule has 4 aliphatic rings. The maximum absolute atomic E-state index is 13.1. The van der Waals surface area contributed by atoms with Crippen molar-refractivity contribution in [1.29, 1.82) is 0 Å². The largest absolute Gasteiger partial charge is 0.490 e. The number of aromatic nitrogens is 2. The molecule has 1 fully saturated rings. The number of benzene rings is 2. The van der Waals surface area contributed by atoms with Crippen molar-refractivity contribution in [2.45, 2.75) is 90.3 Å². The third-order valence-corrected chi connectivity index (χ3v) is 16.4. The van der Waals surface area contributed by atoms with Gasteiger partial charge < -0.3 is 44.4 Å². The van der Waals surface area contributed by atoms with Crippen LogP contribution >= 0.6 is 23.5 Å². The first-order valence-electron chi connectivity index (χ1n) is 21.9. The Bertz CT molecular complexity index is 3290. The van der Waals surface area contributed by atoms with E-state index in [1.54, 1.807) is 18.2 Å². The normalized spacial score (nSPS) is 21.9. The monoisotopic (exact) mass is 1070 g/mol. The minimum atomic E-state index is -5.80. The molecule has 0 aliphatic carbocycles. The highest BCUT2D eigenvalue weighted by molar-refractivity contribution is 7.86. The molecule has 25 nitrogen and oxygen atoms in total. The molecule has 0 radical (unpaired) electrons. The molecule has 0 spiro atoms. The Morgan fingerprint density at radius 2 is 1.75 bits per heavy atom. The number of ether oxygens (including phenoxy) is 2. The first-order valence-corrected chi connectivity index (χ1v) is 28.1. The Morgan fingerprint density at radius 3 is 2.42 bits per heavy atom. The van der Waals surface area contributed by atoms with Crippen molar-refractivity contribution in [2.24, 2.45) is 4.99 Å². The lowest BCUT2D eigenvalue weighted by atomic mass is 9.88. The molecule has 1 aromatic heterocycles. The van der Waals surface area contributed by atoms with Crippen LogP contribution in [0.25, 0.3) is 17.2 Å². The maximum atomic E-state index is 13.1. The maximum Gasteiger partial charge on any atom is 0.490 e. The van der Waals surface area contributed by atoms with Crippen LogP contribution in [0.2, 0.25) is 0 Å². The highest BCUT2D eigenvalue weighted by Crippen LogP contribution is 2.66. The highest BCUT2D eigenvalue weighted by atomic mass is 32.2. The SMILES string of the molecule is CCN1c2cc3c(cc2C(C)=CC1(C)C)N=c1cc2c(cc1O3)=[N+](CCCC(=O)NC/C=C/c1cn([C@H]3C[C@H](O)[C@@H](COP(=O)(O)OP(=O)(O)OP(=O)(O)O)O3)c(=O)[nH]c1=O)C(C)(C)C=C2CS(=O)(=O)O. The third-order valence-electron chi connectivity index (χ3n) is 11.9. The number of anilines is 1. The molecule has 4 aliphatic heterocycles. The van der Waals surface area contributed by atoms with E-state index in [0.29, 0.717) is 52.0 Å². The number of aliphatic hydroxyl groups excluding tert-OH is 1. The summed E-state index contributed by atoms with van der Waals surface area (Å²) in [5.41, 5.74) is 1.80. The number of H-pyrrole nitrogens is 1. The van der Waals surface area contributed by atoms with Crippen molar-refractivity contribution in [3.8, 4) is 11.5 Å². The van der Waals surface area contributed by atoms with Gasteiger partial charge in [-0.1, -0.05) is 18.2 Å². The summed E-state index contributed by atoms with van der Waals surface area (Å²) in [5, 5.41) is 14.3. The van der Waals surface area contributed by atoms with Gasteiger partial charge in [-0.3, -0.25) is 28.2 Å². The van der Waals surface area contributed by atoms with Crippen LogP contribution in [0.5, 0.6) is 11.5 Å². The lowest BCUT2D eigenvalue weighted by Crippen LogP contribution is -2.50. The number of hydrogen-bond acceptors (Lipinski definition) is 16. The van der Waals surface area contributed by atoms with E-state index < -0.39 is 81.2 Å². The number of aromatic amines is 1. The smallest absolute Gasteiger partial charge is 0.452 e. The van der Waals surface area contributed by atoms with Gasteiger partial charge in [-0.05, 0) is 57.0 Å². The molecule has 386 valence electrons. The number of fused-ring (bicyclic) bond motifs is 4. The fraction of sp³-hybridized carbons (Fsp3) is 0.452. The number of carbonyl (C=O) groups is 1. The average Bonchev–Trinajstić information content (AvgIpc) is 3.59. The summed E-state index contributed by atoms with van der Waals surface area (Å²) in [6, 6.07) is 7.53. The van der Waals surface area contributed by atoms with E-state index in [0.717, 1.165) is 34.1 Å². The second-order valence-corrected chi connectivity index (χ2v) is 24.1. The van der Waals surface area contributed by atoms with Crippen LogP contribution in [-0.4, -0.2) is 108 Å². The quantitative estimate of drug-likeness (QED) is 0.0403. The van der Waals surface area contributed by atoms with E-state index in [9.17, 15) is 55.9 Å². The van der Waals surface area contributed by atoms with Crippen LogP contribution in [-0.2, 0) is 46.5 Å². The van der Waals surface area contributed by atoms with E-state index in [2.05, 4.69) is 62.1 Å². The van der Waals surface area contributed by atoms with Crippen LogP contribution in [0.3, 0.4) is 0 Å². The fourth-order valence-electron chi connectivity index (χ4n) is 9.10. The lowest BCUT2D eigenvalue weighted by molar-refractivity contribution is -0.121. The third kappa shape index (κ3) is 12.7. The molecule has 5 heterocycles. The number of carbonyl (C=O) groups excluding carboxylic acids is 1. The van der Waals surface area contributed by atoms with Gasteiger partial charge in [-0.15, -0.1) is 0 Å². The summed E-state index contributed by atoms with van der Waals surface area (Å²) in [6.07, 6.45) is 3.76. The Labute approximate surface area is 405 Å². The molecule has 1 saturated heterocycles. The molecule has 2 aromatic carbocycles. The second-order valence-electron chi connectivity index (χ2n) is 18.2. The first kappa shape index (κ1) is 54.0. The minimum Gasteiger partial charge on any atom is -0.452 e. The van der Waals surface area contributed by atoms with Crippen LogP contribution in [0, 0.1) is 0 Å². The molecule has 2 unspecified atom stereocenters. The topological polar surface area (TPSA) is 355 Å². The van der Waals surface area contributed by atoms with Crippen molar-refractivity contribution in [1.82, 2.24) is 19.4 Å². The van der Waals surface area contributed by atoms with Crippen LogP contribution in [0.1, 0.15) is 83.7 Å². The number of nitrogens with one attached hydrogen (secondary N) is 2. The standard InChI is InChI=1S/C42H53N6O19P3S/c1-7-47-31-16-34-29(14-27(31)24(2)19-41(47,3)4)44-30-15-28-26(23-71(60,61)62)20-42(5,6)48(32(28)17-35(30)64-34)13-9-11-37(50)43-12-8-10-25-21-46(40(52)45-39(25)51)38-18-33(49)36(65-38)22-63-69(56,57)67-70(58,59)66-68(53,54)55/h8,10,14-17,19-21,33,36,38,49H,7,9,11-13,18,22-23H2,1-6H3,(H6-,43,45,50,51,52,53,54,55,56,57,58,59,60,61,62)/p+1/b10-8+/t33-,36+,38+/m0/s1. The summed E-state index contributed by atoms with van der Waals surface area (Å²) in [5.74, 6) is 0.0200. The van der Waals surface area contributed by atoms with Gasteiger partial charge in [0, 0.05) is 69.7 Å². The zero-order chi connectivity index (χ0) is 52.2. The fourth-order valence-corrected chi connectivity index (χ4v) is 12.8. The van der Waals surface area contributed by atoms with Crippen molar-refractivity contribution in [3.63, 3.8) is 0 Å². The zero-order valence-corrected chi connectivity index (χ0v) is 42.6. The highest BCUT2D eigenvalue weighted by Gasteiger charge is 2.43. The number of likely N-dealkylation sites (N-methyl/N-ethyl adjacent to an activating group) is 1. The first-order chi connectivity index (χ1) is 32.8. The molecular formula is C42H54N6O19P3S+. The van der Waals surface area contributed by atoms with E-state index in [1.807, 2.05) is 30.6 Å². The summed E-state index contributed by atoms with van der Waals surface area (Å²) < 4.78 is 96.0. The van der Waals surface area contributed by atoms with E-state index in [1.165, 1.54) is 12.2 Å². The number of amides is 1. The van der Waals surface area contributed by atoms with Crippen LogP contribution in [0.4, 0.5) is 11.4 Å². The number of rotatable bonds is 18. The number of allylic oxidation sites excluding steroid dienone is 1. The summed E-state index contributed by atoms with van der Waals surface area (Å²) >= 11 is 0. The Kier molecular flexibility index (Phi) is 15.2. The predicted octanol–water partition coefficient (Wildman–Crippen LogP) is 2.77. The molecule has 0 saturated carbocycles. The molecule has 5 atom stereocenters. The van der Waals surface area contributed by atoms with Crippen LogP contribution in [0.15, 0.2) is 63.3 Å². The van der Waals surface area contributed by atoms with Gasteiger partial charge in [-0.25, -0.2) is 28.1 Å². The van der Waals surface area contributed by atoms with E-state index in [4.69, 9.17) is 24.3 Å². The van der Waals surface area contributed by atoms with E-state index >= 15 is 0 Å². The van der Waals surface area contributed by atoms with E-state index in [-0.39, 0.29) is 36.4 Å². The number of phosphoric ester groups is 1. The van der Waals surface area contributed by atoms with Crippen molar-refractivity contribution < 1.29 is 78.8 Å². The van der Waals surface area contributed by atoms with Gasteiger partial charge in [0.15, 0.2) is 17.0 Å². The lowest BCUT2D eigenvalue weighted by Gasteiger charge is -2.43. The Balaban J connectivity index is 1.02. The molecule has 0 bridgehead atoms. The molecule has 7 rings (SSSR count). The summed E-state index contributed by atoms with van der Waals surface area (Å²) in [6.45, 7) is 12.3. The average molecular weight is 1070 g/mol. The molecular weight excluding hydrogens is 1020 g/mol.